The number of fused-ring (bicyclic) bond motifs is 2. The molecule has 84 valence electrons. The molecule has 1 heteroatoms. The van der Waals surface area contributed by atoms with Crippen LogP contribution in [0.2, 0.25) is 0 Å². The van der Waals surface area contributed by atoms with Gasteiger partial charge in [-0.05, 0) is 36.5 Å². The van der Waals surface area contributed by atoms with E-state index in [0.29, 0.717) is 0 Å². The molecule has 0 radical (unpaired) electrons. The highest BCUT2D eigenvalue weighted by molar-refractivity contribution is 6.11. The molecule has 0 saturated carbocycles. The molecular weight excluding hydrogens is 208 g/mol. The summed E-state index contributed by atoms with van der Waals surface area (Å²) in [5.41, 5.74) is 5.37. The molecule has 0 spiro atoms. The molecule has 2 aromatic rings. The zero-order valence-electron chi connectivity index (χ0n) is 9.86. The highest BCUT2D eigenvalue weighted by Crippen LogP contribution is 2.26. The van der Waals surface area contributed by atoms with Crippen LogP contribution in [0.4, 0.5) is 0 Å². The molecular formula is C16H14O. The van der Waals surface area contributed by atoms with Crippen molar-refractivity contribution in [2.75, 3.05) is 0 Å². The largest absolute Gasteiger partial charge is 0.289 e. The SMILES string of the molecule is Cc1cccc2c1CCc1ccccc1C2=O. The number of carbonyl (C=O) groups excluding carboxylic acids is 1. The average molecular weight is 222 g/mol. The molecule has 17 heavy (non-hydrogen) atoms. The van der Waals surface area contributed by atoms with E-state index >= 15 is 0 Å². The van der Waals surface area contributed by atoms with Gasteiger partial charge in [0.25, 0.3) is 0 Å². The van der Waals surface area contributed by atoms with E-state index in [2.05, 4.69) is 19.1 Å². The molecule has 1 aliphatic carbocycles. The maximum atomic E-state index is 12.5. The van der Waals surface area contributed by atoms with Crippen molar-refractivity contribution in [3.63, 3.8) is 0 Å². The van der Waals surface area contributed by atoms with Crippen LogP contribution in [0.3, 0.4) is 0 Å². The molecule has 3 rings (SSSR count). The fourth-order valence-electron chi connectivity index (χ4n) is 2.61. The van der Waals surface area contributed by atoms with E-state index in [0.717, 1.165) is 24.0 Å². The van der Waals surface area contributed by atoms with Gasteiger partial charge in [0, 0.05) is 11.1 Å². The van der Waals surface area contributed by atoms with Gasteiger partial charge in [-0.3, -0.25) is 4.79 Å². The number of rotatable bonds is 0. The van der Waals surface area contributed by atoms with Crippen LogP contribution in [0.1, 0.15) is 32.6 Å². The van der Waals surface area contributed by atoms with Crippen LogP contribution in [0, 0.1) is 6.92 Å². The Labute approximate surface area is 101 Å². The van der Waals surface area contributed by atoms with Gasteiger partial charge in [-0.1, -0.05) is 42.5 Å². The van der Waals surface area contributed by atoms with Crippen LogP contribution >= 0.6 is 0 Å². The monoisotopic (exact) mass is 222 g/mol. The molecule has 0 heterocycles. The van der Waals surface area contributed by atoms with Crippen molar-refractivity contribution >= 4 is 5.78 Å². The second-order valence-corrected chi connectivity index (χ2v) is 4.59. The van der Waals surface area contributed by atoms with E-state index < -0.39 is 0 Å². The number of carbonyl (C=O) groups is 1. The molecule has 0 atom stereocenters. The van der Waals surface area contributed by atoms with Crippen LogP contribution in [0.25, 0.3) is 0 Å². The standard InChI is InChI=1S/C16H14O/c1-11-5-4-8-15-13(11)10-9-12-6-2-3-7-14(12)16(15)17/h2-8H,9-10H2,1H3. The molecule has 0 saturated heterocycles. The highest BCUT2D eigenvalue weighted by Gasteiger charge is 2.21. The van der Waals surface area contributed by atoms with Crippen molar-refractivity contribution in [2.45, 2.75) is 19.8 Å². The summed E-state index contributed by atoms with van der Waals surface area (Å²) in [6.45, 7) is 2.09. The van der Waals surface area contributed by atoms with E-state index in [1.165, 1.54) is 16.7 Å². The fourth-order valence-corrected chi connectivity index (χ4v) is 2.61. The summed E-state index contributed by atoms with van der Waals surface area (Å²) in [4.78, 5) is 12.5. The van der Waals surface area contributed by atoms with E-state index in [1.54, 1.807) is 0 Å². The number of hydrogen-bond acceptors (Lipinski definition) is 1. The topological polar surface area (TPSA) is 17.1 Å². The van der Waals surface area contributed by atoms with E-state index in [1.807, 2.05) is 30.3 Å². The maximum Gasteiger partial charge on any atom is 0.193 e. The van der Waals surface area contributed by atoms with E-state index in [4.69, 9.17) is 0 Å². The Bertz CT molecular complexity index is 596. The highest BCUT2D eigenvalue weighted by atomic mass is 16.1. The Morgan fingerprint density at radius 2 is 1.65 bits per heavy atom. The molecule has 1 nitrogen and oxygen atoms in total. The van der Waals surface area contributed by atoms with Crippen molar-refractivity contribution in [3.8, 4) is 0 Å². The molecule has 0 unspecified atom stereocenters. The van der Waals surface area contributed by atoms with Crippen LogP contribution in [-0.2, 0) is 12.8 Å². The van der Waals surface area contributed by atoms with Crippen molar-refractivity contribution in [2.24, 2.45) is 0 Å². The first-order valence-electron chi connectivity index (χ1n) is 5.98. The summed E-state index contributed by atoms with van der Waals surface area (Å²) in [6.07, 6.45) is 1.92. The first-order valence-corrected chi connectivity index (χ1v) is 5.98. The lowest BCUT2D eigenvalue weighted by atomic mass is 9.96. The Morgan fingerprint density at radius 1 is 0.882 bits per heavy atom. The second-order valence-electron chi connectivity index (χ2n) is 4.59. The fraction of sp³-hybridized carbons (Fsp3) is 0.188. The quantitative estimate of drug-likeness (QED) is 0.668. The third-order valence-corrected chi connectivity index (χ3v) is 3.56. The summed E-state index contributed by atoms with van der Waals surface area (Å²) in [5, 5.41) is 0. The van der Waals surface area contributed by atoms with Crippen LogP contribution in [-0.4, -0.2) is 5.78 Å². The summed E-state index contributed by atoms with van der Waals surface area (Å²) in [5.74, 6) is 0.178. The van der Waals surface area contributed by atoms with Gasteiger partial charge in [-0.15, -0.1) is 0 Å². The van der Waals surface area contributed by atoms with Gasteiger partial charge in [0.15, 0.2) is 5.78 Å². The maximum absolute atomic E-state index is 12.5. The minimum Gasteiger partial charge on any atom is -0.289 e. The zero-order valence-corrected chi connectivity index (χ0v) is 9.86. The van der Waals surface area contributed by atoms with Gasteiger partial charge in [0.2, 0.25) is 0 Å². The van der Waals surface area contributed by atoms with Crippen LogP contribution < -0.4 is 0 Å². The number of aryl methyl sites for hydroxylation is 2. The molecule has 0 aromatic heterocycles. The van der Waals surface area contributed by atoms with E-state index in [-0.39, 0.29) is 5.78 Å². The molecule has 0 N–H and O–H groups in total. The van der Waals surface area contributed by atoms with Gasteiger partial charge < -0.3 is 0 Å². The van der Waals surface area contributed by atoms with Gasteiger partial charge >= 0.3 is 0 Å². The Morgan fingerprint density at radius 3 is 2.53 bits per heavy atom. The van der Waals surface area contributed by atoms with Crippen molar-refractivity contribution in [1.29, 1.82) is 0 Å². The third-order valence-electron chi connectivity index (χ3n) is 3.56. The summed E-state index contributed by atoms with van der Waals surface area (Å²) >= 11 is 0. The van der Waals surface area contributed by atoms with Gasteiger partial charge in [0.05, 0.1) is 0 Å². The van der Waals surface area contributed by atoms with E-state index in [9.17, 15) is 4.79 Å². The lowest BCUT2D eigenvalue weighted by Gasteiger charge is -2.07. The summed E-state index contributed by atoms with van der Waals surface area (Å²) in [6, 6.07) is 14.0. The molecule has 2 aromatic carbocycles. The van der Waals surface area contributed by atoms with Crippen molar-refractivity contribution in [1.82, 2.24) is 0 Å². The lowest BCUT2D eigenvalue weighted by molar-refractivity contribution is 0.103. The Hall–Kier alpha value is -1.89. The predicted octanol–water partition coefficient (Wildman–Crippen LogP) is 3.32. The first kappa shape index (κ1) is 10.3. The minimum atomic E-state index is 0.178. The van der Waals surface area contributed by atoms with Crippen LogP contribution in [0.5, 0.6) is 0 Å². The van der Waals surface area contributed by atoms with Crippen molar-refractivity contribution < 1.29 is 4.79 Å². The number of benzene rings is 2. The summed E-state index contributed by atoms with van der Waals surface area (Å²) in [7, 11) is 0. The Kier molecular flexibility index (Phi) is 2.32. The van der Waals surface area contributed by atoms with Gasteiger partial charge in [-0.25, -0.2) is 0 Å². The first-order chi connectivity index (χ1) is 8.27. The smallest absolute Gasteiger partial charge is 0.193 e. The van der Waals surface area contributed by atoms with Gasteiger partial charge in [-0.2, -0.15) is 0 Å². The molecule has 0 amide bonds. The molecule has 0 fully saturated rings. The Balaban J connectivity index is 2.24. The molecule has 0 bridgehead atoms. The summed E-state index contributed by atoms with van der Waals surface area (Å²) < 4.78 is 0. The third kappa shape index (κ3) is 1.59. The molecule has 1 aliphatic rings. The normalized spacial score (nSPS) is 13.8. The van der Waals surface area contributed by atoms with Crippen molar-refractivity contribution in [3.05, 3.63) is 70.3 Å². The number of ketones is 1. The van der Waals surface area contributed by atoms with Gasteiger partial charge in [0.1, 0.15) is 0 Å². The second kappa shape index (κ2) is 3.85. The average Bonchev–Trinajstić information content (AvgIpc) is 2.50. The predicted molar refractivity (Wildman–Crippen MR) is 68.5 cm³/mol. The molecule has 0 aliphatic heterocycles. The van der Waals surface area contributed by atoms with Crippen LogP contribution in [0.15, 0.2) is 42.5 Å². The minimum absolute atomic E-state index is 0.178. The lowest BCUT2D eigenvalue weighted by Crippen LogP contribution is -2.04. The zero-order chi connectivity index (χ0) is 11.8. The number of hydrogen-bond donors (Lipinski definition) is 0.